The number of benzene rings is 1. The molecule has 1 aromatic rings. The van der Waals surface area contributed by atoms with Crippen molar-refractivity contribution in [3.8, 4) is 5.75 Å². The van der Waals surface area contributed by atoms with Gasteiger partial charge in [0.1, 0.15) is 5.75 Å². The topological polar surface area (TPSA) is 21.3 Å². The fraction of sp³-hybridized carbons (Fsp3) is 0.667. The van der Waals surface area contributed by atoms with Crippen LogP contribution in [0.25, 0.3) is 0 Å². The van der Waals surface area contributed by atoms with Gasteiger partial charge in [-0.1, -0.05) is 45.9 Å². The summed E-state index contributed by atoms with van der Waals surface area (Å²) in [6, 6.07) is 8.92. The number of rotatable bonds is 8. The van der Waals surface area contributed by atoms with Crippen LogP contribution in [0.4, 0.5) is 0 Å². The number of methoxy groups -OCH3 is 1. The van der Waals surface area contributed by atoms with Crippen molar-refractivity contribution in [3.05, 3.63) is 29.8 Å². The molecule has 0 bridgehead atoms. The summed E-state index contributed by atoms with van der Waals surface area (Å²) in [5.74, 6) is 1.02. The van der Waals surface area contributed by atoms with E-state index in [4.69, 9.17) is 4.74 Å². The van der Waals surface area contributed by atoms with Crippen LogP contribution < -0.4 is 10.1 Å². The van der Waals surface area contributed by atoms with Crippen molar-refractivity contribution in [2.24, 2.45) is 5.41 Å². The van der Waals surface area contributed by atoms with Crippen LogP contribution in [0.1, 0.15) is 52.5 Å². The molecule has 1 atom stereocenters. The molecular formula is C18H31NO. The molecule has 0 radical (unpaired) electrons. The summed E-state index contributed by atoms with van der Waals surface area (Å²) >= 11 is 0. The van der Waals surface area contributed by atoms with Crippen molar-refractivity contribution in [1.82, 2.24) is 5.32 Å². The quantitative estimate of drug-likeness (QED) is 0.759. The van der Waals surface area contributed by atoms with Gasteiger partial charge in [-0.3, -0.25) is 0 Å². The maximum absolute atomic E-state index is 5.42. The lowest BCUT2D eigenvalue weighted by Crippen LogP contribution is -2.40. The largest absolute Gasteiger partial charge is 0.496 e. The van der Waals surface area contributed by atoms with Crippen LogP contribution >= 0.6 is 0 Å². The summed E-state index contributed by atoms with van der Waals surface area (Å²) in [5.41, 5.74) is 1.63. The third-order valence-electron chi connectivity index (χ3n) is 3.82. The van der Waals surface area contributed by atoms with Crippen LogP contribution in [0.2, 0.25) is 0 Å². The smallest absolute Gasteiger partial charge is 0.122 e. The van der Waals surface area contributed by atoms with Crippen LogP contribution in [0.5, 0.6) is 5.75 Å². The van der Waals surface area contributed by atoms with Gasteiger partial charge in [0.25, 0.3) is 0 Å². The molecule has 0 saturated carbocycles. The first-order valence-electron chi connectivity index (χ1n) is 7.84. The Morgan fingerprint density at radius 2 is 1.90 bits per heavy atom. The number of ether oxygens (including phenoxy) is 1. The molecule has 0 spiro atoms. The molecule has 1 N–H and O–H groups in total. The van der Waals surface area contributed by atoms with Gasteiger partial charge in [-0.2, -0.15) is 0 Å². The first-order chi connectivity index (χ1) is 9.49. The SMILES string of the molecule is CCCNC(CCCc1ccccc1OC)C(C)(C)C. The predicted molar refractivity (Wildman–Crippen MR) is 87.5 cm³/mol. The molecule has 0 heterocycles. The van der Waals surface area contributed by atoms with Crippen LogP contribution in [-0.2, 0) is 6.42 Å². The van der Waals surface area contributed by atoms with Gasteiger partial charge in [-0.05, 0) is 49.3 Å². The van der Waals surface area contributed by atoms with Crippen LogP contribution in [-0.4, -0.2) is 19.7 Å². The van der Waals surface area contributed by atoms with E-state index in [1.165, 1.54) is 24.8 Å². The number of para-hydroxylation sites is 1. The summed E-state index contributed by atoms with van der Waals surface area (Å²) in [4.78, 5) is 0. The summed E-state index contributed by atoms with van der Waals surface area (Å²) in [6.07, 6.45) is 4.68. The Morgan fingerprint density at radius 1 is 1.20 bits per heavy atom. The standard InChI is InChI=1S/C18H31NO/c1-6-14-19-17(18(2,3)4)13-9-11-15-10-7-8-12-16(15)20-5/h7-8,10,12,17,19H,6,9,11,13-14H2,1-5H3. The summed E-state index contributed by atoms with van der Waals surface area (Å²) < 4.78 is 5.42. The Bertz CT molecular complexity index is 381. The Morgan fingerprint density at radius 3 is 2.50 bits per heavy atom. The van der Waals surface area contributed by atoms with E-state index in [1.807, 2.05) is 12.1 Å². The van der Waals surface area contributed by atoms with E-state index in [0.29, 0.717) is 11.5 Å². The summed E-state index contributed by atoms with van der Waals surface area (Å²) in [7, 11) is 1.75. The van der Waals surface area contributed by atoms with E-state index >= 15 is 0 Å². The summed E-state index contributed by atoms with van der Waals surface area (Å²) in [6.45, 7) is 10.3. The van der Waals surface area contributed by atoms with Gasteiger partial charge in [-0.15, -0.1) is 0 Å². The second-order valence-electron chi connectivity index (χ2n) is 6.58. The monoisotopic (exact) mass is 277 g/mol. The first kappa shape index (κ1) is 17.0. The van der Waals surface area contributed by atoms with E-state index in [-0.39, 0.29) is 0 Å². The maximum atomic E-state index is 5.42. The molecule has 0 aliphatic rings. The number of nitrogens with one attached hydrogen (secondary N) is 1. The zero-order valence-corrected chi connectivity index (χ0v) is 13.8. The van der Waals surface area contributed by atoms with Gasteiger partial charge >= 0.3 is 0 Å². The fourth-order valence-corrected chi connectivity index (χ4v) is 2.57. The third kappa shape index (κ3) is 5.54. The lowest BCUT2D eigenvalue weighted by molar-refractivity contribution is 0.251. The van der Waals surface area contributed by atoms with Crippen molar-refractivity contribution >= 4 is 0 Å². The van der Waals surface area contributed by atoms with Gasteiger partial charge in [0.15, 0.2) is 0 Å². The van der Waals surface area contributed by atoms with Gasteiger partial charge in [0.05, 0.1) is 7.11 Å². The Hall–Kier alpha value is -1.02. The molecule has 0 aliphatic heterocycles. The molecule has 114 valence electrons. The maximum Gasteiger partial charge on any atom is 0.122 e. The first-order valence-corrected chi connectivity index (χ1v) is 7.84. The zero-order valence-electron chi connectivity index (χ0n) is 13.8. The minimum Gasteiger partial charge on any atom is -0.496 e. The molecule has 0 saturated heterocycles. The molecule has 1 rings (SSSR count). The van der Waals surface area contributed by atoms with E-state index in [9.17, 15) is 0 Å². The average Bonchev–Trinajstić information content (AvgIpc) is 2.41. The lowest BCUT2D eigenvalue weighted by atomic mass is 9.83. The Labute approximate surface area is 124 Å². The highest BCUT2D eigenvalue weighted by Crippen LogP contribution is 2.25. The van der Waals surface area contributed by atoms with Crippen LogP contribution in [0.15, 0.2) is 24.3 Å². The molecule has 2 heteroatoms. The van der Waals surface area contributed by atoms with Crippen molar-refractivity contribution in [2.45, 2.75) is 59.4 Å². The highest BCUT2D eigenvalue weighted by Gasteiger charge is 2.23. The van der Waals surface area contributed by atoms with E-state index in [0.717, 1.165) is 18.7 Å². The molecule has 2 nitrogen and oxygen atoms in total. The predicted octanol–water partition coefficient (Wildman–Crippen LogP) is 4.43. The number of hydrogen-bond donors (Lipinski definition) is 1. The highest BCUT2D eigenvalue weighted by atomic mass is 16.5. The van der Waals surface area contributed by atoms with E-state index in [2.05, 4.69) is 45.1 Å². The molecule has 0 amide bonds. The molecular weight excluding hydrogens is 246 g/mol. The van der Waals surface area contributed by atoms with Gasteiger partial charge in [0, 0.05) is 6.04 Å². The molecule has 1 unspecified atom stereocenters. The minimum absolute atomic E-state index is 0.315. The van der Waals surface area contributed by atoms with Crippen LogP contribution in [0.3, 0.4) is 0 Å². The molecule has 20 heavy (non-hydrogen) atoms. The Balaban J connectivity index is 2.51. The van der Waals surface area contributed by atoms with Crippen molar-refractivity contribution in [1.29, 1.82) is 0 Å². The molecule has 0 fully saturated rings. The molecule has 0 aliphatic carbocycles. The fourth-order valence-electron chi connectivity index (χ4n) is 2.57. The minimum atomic E-state index is 0.315. The lowest BCUT2D eigenvalue weighted by Gasteiger charge is -2.32. The summed E-state index contributed by atoms with van der Waals surface area (Å²) in [5, 5.41) is 3.69. The van der Waals surface area contributed by atoms with E-state index in [1.54, 1.807) is 7.11 Å². The molecule has 0 aromatic heterocycles. The van der Waals surface area contributed by atoms with Crippen LogP contribution in [0, 0.1) is 5.41 Å². The van der Waals surface area contributed by atoms with Gasteiger partial charge in [-0.25, -0.2) is 0 Å². The van der Waals surface area contributed by atoms with Gasteiger partial charge < -0.3 is 10.1 Å². The van der Waals surface area contributed by atoms with Crippen molar-refractivity contribution in [3.63, 3.8) is 0 Å². The number of hydrogen-bond acceptors (Lipinski definition) is 2. The average molecular weight is 277 g/mol. The van der Waals surface area contributed by atoms with E-state index < -0.39 is 0 Å². The van der Waals surface area contributed by atoms with Crippen molar-refractivity contribution in [2.75, 3.05) is 13.7 Å². The second-order valence-corrected chi connectivity index (χ2v) is 6.58. The van der Waals surface area contributed by atoms with Crippen molar-refractivity contribution < 1.29 is 4.74 Å². The normalized spacial score (nSPS) is 13.2. The third-order valence-corrected chi connectivity index (χ3v) is 3.82. The molecule has 1 aromatic carbocycles. The zero-order chi connectivity index (χ0) is 15.0. The van der Waals surface area contributed by atoms with Gasteiger partial charge in [0.2, 0.25) is 0 Å². The second kappa shape index (κ2) is 8.31. The number of aryl methyl sites for hydroxylation is 1. The Kier molecular flexibility index (Phi) is 7.08. The highest BCUT2D eigenvalue weighted by molar-refractivity contribution is 5.33.